The van der Waals surface area contributed by atoms with Crippen LogP contribution in [0.15, 0.2) is 22.7 Å². The normalized spacial score (nSPS) is 11.3. The molecule has 27 heavy (non-hydrogen) atoms. The van der Waals surface area contributed by atoms with E-state index in [4.69, 9.17) is 9.26 Å². The average Bonchev–Trinajstić information content (AvgIpc) is 3.01. The van der Waals surface area contributed by atoms with Crippen molar-refractivity contribution < 1.29 is 27.6 Å². The molecule has 1 heterocycles. The summed E-state index contributed by atoms with van der Waals surface area (Å²) < 4.78 is 36.0. The molecule has 0 fully saturated rings. The predicted octanol–water partition coefficient (Wildman–Crippen LogP) is 3.15. The van der Waals surface area contributed by atoms with Crippen molar-refractivity contribution in [2.24, 2.45) is 0 Å². The van der Waals surface area contributed by atoms with Gasteiger partial charge in [-0.2, -0.15) is 4.98 Å². The van der Waals surface area contributed by atoms with Gasteiger partial charge in [0, 0.05) is 30.0 Å². The van der Waals surface area contributed by atoms with Crippen molar-refractivity contribution in [1.29, 1.82) is 0 Å². The van der Waals surface area contributed by atoms with Crippen molar-refractivity contribution in [3.8, 4) is 0 Å². The summed E-state index contributed by atoms with van der Waals surface area (Å²) in [4.78, 5) is 27.6. The Morgan fingerprint density at radius 3 is 2.44 bits per heavy atom. The molecule has 2 rings (SSSR count). The van der Waals surface area contributed by atoms with Crippen LogP contribution in [-0.2, 0) is 26.2 Å². The number of carbonyl (C=O) groups is 2. The summed E-state index contributed by atoms with van der Waals surface area (Å²) in [5.74, 6) is -1.90. The molecule has 0 aliphatic heterocycles. The van der Waals surface area contributed by atoms with Crippen LogP contribution in [0.5, 0.6) is 0 Å². The Bertz CT molecular complexity index is 795. The lowest BCUT2D eigenvalue weighted by molar-refractivity contribution is -0.147. The molecule has 9 heteroatoms. The van der Waals surface area contributed by atoms with E-state index in [0.717, 1.165) is 12.1 Å². The Kier molecular flexibility index (Phi) is 6.59. The van der Waals surface area contributed by atoms with E-state index in [0.29, 0.717) is 30.6 Å². The second kappa shape index (κ2) is 8.70. The fourth-order valence-corrected chi connectivity index (χ4v) is 2.09. The lowest BCUT2D eigenvalue weighted by Gasteiger charge is -2.10. The minimum Gasteiger partial charge on any atom is -0.456 e. The number of nitrogens with one attached hydrogen (secondary N) is 1. The third-order valence-corrected chi connectivity index (χ3v) is 3.42. The molecule has 0 bridgehead atoms. The molecule has 0 spiro atoms. The van der Waals surface area contributed by atoms with Crippen LogP contribution >= 0.6 is 0 Å². The molecular weight excluding hydrogens is 360 g/mol. The minimum absolute atomic E-state index is 0.0559. The first-order valence-electron chi connectivity index (χ1n) is 8.38. The fraction of sp³-hybridized carbons (Fsp3) is 0.444. The van der Waals surface area contributed by atoms with E-state index >= 15 is 0 Å². The van der Waals surface area contributed by atoms with Crippen molar-refractivity contribution in [3.63, 3.8) is 0 Å². The van der Waals surface area contributed by atoms with Crippen LogP contribution in [0.25, 0.3) is 0 Å². The number of amides is 1. The van der Waals surface area contributed by atoms with Crippen molar-refractivity contribution >= 4 is 17.6 Å². The standard InChI is InChI=1S/C18H21F2N3O4/c1-18(2,3)17-22-15(27-23-17)5-4-6-16(25)26-10-14(24)21-13-8-11(19)7-12(20)9-13/h7-9H,4-6,10H2,1-3H3,(H,21,24). The summed E-state index contributed by atoms with van der Waals surface area (Å²) >= 11 is 0. The highest BCUT2D eigenvalue weighted by Crippen LogP contribution is 2.19. The number of aryl methyl sites for hydroxylation is 1. The zero-order valence-electron chi connectivity index (χ0n) is 15.3. The maximum absolute atomic E-state index is 13.0. The first kappa shape index (κ1) is 20.5. The maximum Gasteiger partial charge on any atom is 0.306 e. The Balaban J connectivity index is 1.70. The molecule has 2 aromatic rings. The van der Waals surface area contributed by atoms with Crippen LogP contribution in [0.2, 0.25) is 0 Å². The Hall–Kier alpha value is -2.84. The molecule has 146 valence electrons. The van der Waals surface area contributed by atoms with Crippen LogP contribution in [-0.4, -0.2) is 28.6 Å². The van der Waals surface area contributed by atoms with Gasteiger partial charge in [-0.25, -0.2) is 8.78 Å². The van der Waals surface area contributed by atoms with E-state index < -0.39 is 30.1 Å². The highest BCUT2D eigenvalue weighted by atomic mass is 19.1. The van der Waals surface area contributed by atoms with Crippen LogP contribution in [0.1, 0.15) is 45.3 Å². The fourth-order valence-electron chi connectivity index (χ4n) is 2.09. The summed E-state index contributed by atoms with van der Waals surface area (Å²) in [6.45, 7) is 5.33. The number of ether oxygens (including phenoxy) is 1. The first-order valence-corrected chi connectivity index (χ1v) is 8.38. The number of hydrogen-bond donors (Lipinski definition) is 1. The number of nitrogens with zero attached hydrogens (tertiary/aromatic N) is 2. The molecule has 0 saturated carbocycles. The highest BCUT2D eigenvalue weighted by Gasteiger charge is 2.20. The van der Waals surface area contributed by atoms with E-state index in [-0.39, 0.29) is 17.5 Å². The molecule has 1 aromatic carbocycles. The third-order valence-electron chi connectivity index (χ3n) is 3.42. The lowest BCUT2D eigenvalue weighted by Crippen LogP contribution is -2.21. The minimum atomic E-state index is -0.821. The first-order chi connectivity index (χ1) is 12.6. The quantitative estimate of drug-likeness (QED) is 0.741. The van der Waals surface area contributed by atoms with Gasteiger partial charge < -0.3 is 14.6 Å². The van der Waals surface area contributed by atoms with Crippen LogP contribution in [0.4, 0.5) is 14.5 Å². The topological polar surface area (TPSA) is 94.3 Å². The van der Waals surface area contributed by atoms with E-state index in [1.165, 1.54) is 0 Å². The summed E-state index contributed by atoms with van der Waals surface area (Å²) in [5, 5.41) is 6.14. The van der Waals surface area contributed by atoms with Crippen molar-refractivity contribution in [2.75, 3.05) is 11.9 Å². The SMILES string of the molecule is CC(C)(C)c1noc(CCCC(=O)OCC(=O)Nc2cc(F)cc(F)c2)n1. The van der Waals surface area contributed by atoms with Gasteiger partial charge in [0.05, 0.1) is 0 Å². The molecule has 1 aromatic heterocycles. The van der Waals surface area contributed by atoms with Gasteiger partial charge in [0.2, 0.25) is 5.89 Å². The Morgan fingerprint density at radius 2 is 1.85 bits per heavy atom. The molecule has 7 nitrogen and oxygen atoms in total. The molecule has 0 radical (unpaired) electrons. The van der Waals surface area contributed by atoms with Crippen molar-refractivity contribution in [3.05, 3.63) is 41.5 Å². The number of aromatic nitrogens is 2. The van der Waals surface area contributed by atoms with Gasteiger partial charge in [0.25, 0.3) is 5.91 Å². The van der Waals surface area contributed by atoms with Crippen LogP contribution in [0.3, 0.4) is 0 Å². The zero-order chi connectivity index (χ0) is 20.0. The summed E-state index contributed by atoms with van der Waals surface area (Å²) in [6, 6.07) is 2.60. The number of anilines is 1. The van der Waals surface area contributed by atoms with Gasteiger partial charge in [-0.05, 0) is 18.6 Å². The highest BCUT2D eigenvalue weighted by molar-refractivity contribution is 5.92. The third kappa shape index (κ3) is 6.76. The zero-order valence-corrected chi connectivity index (χ0v) is 15.3. The molecule has 1 amide bonds. The van der Waals surface area contributed by atoms with Gasteiger partial charge >= 0.3 is 5.97 Å². The smallest absolute Gasteiger partial charge is 0.306 e. The van der Waals surface area contributed by atoms with Crippen molar-refractivity contribution in [1.82, 2.24) is 10.1 Å². The molecule has 0 atom stereocenters. The molecule has 1 N–H and O–H groups in total. The van der Waals surface area contributed by atoms with Gasteiger partial charge in [-0.3, -0.25) is 9.59 Å². The monoisotopic (exact) mass is 381 g/mol. The van der Waals surface area contributed by atoms with Crippen LogP contribution in [0, 0.1) is 11.6 Å². The number of hydrogen-bond acceptors (Lipinski definition) is 6. The van der Waals surface area contributed by atoms with E-state index in [1.54, 1.807) is 0 Å². The largest absolute Gasteiger partial charge is 0.456 e. The summed E-state index contributed by atoms with van der Waals surface area (Å²) in [7, 11) is 0. The molecular formula is C18H21F2N3O4. The Labute approximate surface area is 155 Å². The Morgan fingerprint density at radius 1 is 1.19 bits per heavy atom. The molecule has 0 aliphatic rings. The summed E-state index contributed by atoms with van der Waals surface area (Å²) in [5.41, 5.74) is -0.280. The van der Waals surface area contributed by atoms with Crippen LogP contribution < -0.4 is 5.32 Å². The molecule has 0 saturated heterocycles. The number of esters is 1. The van der Waals surface area contributed by atoms with E-state index in [2.05, 4.69) is 15.5 Å². The number of rotatable bonds is 7. The maximum atomic E-state index is 13.0. The summed E-state index contributed by atoms with van der Waals surface area (Å²) in [6.07, 6.45) is 0.892. The number of carbonyl (C=O) groups excluding carboxylic acids is 2. The number of halogens is 2. The van der Waals surface area contributed by atoms with E-state index in [9.17, 15) is 18.4 Å². The second-order valence-electron chi connectivity index (χ2n) is 6.98. The lowest BCUT2D eigenvalue weighted by atomic mass is 9.96. The second-order valence-corrected chi connectivity index (χ2v) is 6.98. The van der Waals surface area contributed by atoms with E-state index in [1.807, 2.05) is 20.8 Å². The van der Waals surface area contributed by atoms with Crippen molar-refractivity contribution in [2.45, 2.75) is 45.4 Å². The predicted molar refractivity (Wildman–Crippen MR) is 91.9 cm³/mol. The molecule has 0 unspecified atom stereocenters. The van der Waals surface area contributed by atoms with Gasteiger partial charge in [-0.15, -0.1) is 0 Å². The van der Waals surface area contributed by atoms with Gasteiger partial charge in [0.15, 0.2) is 12.4 Å². The molecule has 0 aliphatic carbocycles. The van der Waals surface area contributed by atoms with Gasteiger partial charge in [0.1, 0.15) is 11.6 Å². The average molecular weight is 381 g/mol. The van der Waals surface area contributed by atoms with Gasteiger partial charge in [-0.1, -0.05) is 25.9 Å². The number of benzene rings is 1.